The summed E-state index contributed by atoms with van der Waals surface area (Å²) in [7, 11) is 0. The van der Waals surface area contributed by atoms with Crippen molar-refractivity contribution in [2.45, 2.75) is 51.2 Å². The van der Waals surface area contributed by atoms with Crippen LogP contribution >= 0.6 is 12.6 Å². The van der Waals surface area contributed by atoms with Gasteiger partial charge in [0.05, 0.1) is 6.04 Å². The van der Waals surface area contributed by atoms with E-state index >= 15 is 0 Å². The highest BCUT2D eigenvalue weighted by atomic mass is 32.1. The van der Waals surface area contributed by atoms with Gasteiger partial charge in [-0.2, -0.15) is 12.6 Å². The number of hydrogen-bond acceptors (Lipinski definition) is 6. The molecular formula is C14H25N3O6S. The Morgan fingerprint density at radius 2 is 1.58 bits per heavy atom. The summed E-state index contributed by atoms with van der Waals surface area (Å²) in [5, 5.41) is 22.3. The number of carboxylic acids is 2. The summed E-state index contributed by atoms with van der Waals surface area (Å²) in [5.74, 6) is -3.78. The Labute approximate surface area is 145 Å². The maximum absolute atomic E-state index is 12.2. The SMILES string of the molecule is CC(C)C[C@H](N)C(=O)N[C@@H](CCC(=O)O)C(=O)N[C@@H](CS)C(=O)O. The number of carboxylic acid groups (broad SMARTS) is 2. The zero-order chi connectivity index (χ0) is 18.9. The maximum Gasteiger partial charge on any atom is 0.327 e. The third-order valence-electron chi connectivity index (χ3n) is 3.14. The van der Waals surface area contributed by atoms with Gasteiger partial charge in [-0.05, 0) is 18.8 Å². The van der Waals surface area contributed by atoms with Gasteiger partial charge in [-0.15, -0.1) is 0 Å². The quantitative estimate of drug-likeness (QED) is 0.262. The molecule has 138 valence electrons. The number of rotatable bonds is 11. The Kier molecular flexibility index (Phi) is 10.0. The molecule has 2 amide bonds. The molecule has 0 aliphatic carbocycles. The molecule has 0 rings (SSSR count). The van der Waals surface area contributed by atoms with E-state index in [2.05, 4.69) is 23.3 Å². The molecule has 0 bridgehead atoms. The lowest BCUT2D eigenvalue weighted by molar-refractivity contribution is -0.142. The minimum atomic E-state index is -1.28. The fraction of sp³-hybridized carbons (Fsp3) is 0.714. The minimum Gasteiger partial charge on any atom is -0.481 e. The monoisotopic (exact) mass is 363 g/mol. The lowest BCUT2D eigenvalue weighted by atomic mass is 10.0. The van der Waals surface area contributed by atoms with Gasteiger partial charge in [0.1, 0.15) is 12.1 Å². The van der Waals surface area contributed by atoms with Crippen molar-refractivity contribution >= 4 is 36.4 Å². The third-order valence-corrected chi connectivity index (χ3v) is 3.50. The first-order chi connectivity index (χ1) is 11.1. The van der Waals surface area contributed by atoms with Crippen LogP contribution < -0.4 is 16.4 Å². The van der Waals surface area contributed by atoms with Gasteiger partial charge in [-0.25, -0.2) is 4.79 Å². The van der Waals surface area contributed by atoms with Gasteiger partial charge >= 0.3 is 11.9 Å². The van der Waals surface area contributed by atoms with Crippen molar-refractivity contribution in [1.82, 2.24) is 10.6 Å². The second kappa shape index (κ2) is 10.9. The number of carbonyl (C=O) groups excluding carboxylic acids is 2. The molecule has 10 heteroatoms. The van der Waals surface area contributed by atoms with Gasteiger partial charge in [0.2, 0.25) is 11.8 Å². The second-order valence-corrected chi connectivity index (χ2v) is 6.18. The lowest BCUT2D eigenvalue weighted by Crippen LogP contribution is -2.55. The number of aliphatic carboxylic acids is 2. The summed E-state index contributed by atoms with van der Waals surface area (Å²) in [6.45, 7) is 3.76. The van der Waals surface area contributed by atoms with Crippen LogP contribution in [0.15, 0.2) is 0 Å². The molecule has 0 unspecified atom stereocenters. The second-order valence-electron chi connectivity index (χ2n) is 5.81. The van der Waals surface area contributed by atoms with Crippen molar-refractivity contribution in [3.05, 3.63) is 0 Å². The molecule has 9 nitrogen and oxygen atoms in total. The summed E-state index contributed by atoms with van der Waals surface area (Å²) in [6, 6.07) is -3.27. The molecule has 0 aromatic rings. The molecule has 0 aromatic carbocycles. The fourth-order valence-electron chi connectivity index (χ4n) is 1.89. The smallest absolute Gasteiger partial charge is 0.327 e. The predicted octanol–water partition coefficient (Wildman–Crippen LogP) is -0.791. The Morgan fingerprint density at radius 1 is 1.04 bits per heavy atom. The Morgan fingerprint density at radius 3 is 2.00 bits per heavy atom. The molecular weight excluding hydrogens is 338 g/mol. The average molecular weight is 363 g/mol. The van der Waals surface area contributed by atoms with Crippen molar-refractivity contribution in [2.75, 3.05) is 5.75 Å². The van der Waals surface area contributed by atoms with Crippen LogP contribution in [0.1, 0.15) is 33.1 Å². The first-order valence-electron chi connectivity index (χ1n) is 7.50. The average Bonchev–Trinajstić information content (AvgIpc) is 2.46. The molecule has 0 heterocycles. The molecule has 0 radical (unpaired) electrons. The van der Waals surface area contributed by atoms with Gasteiger partial charge in [0, 0.05) is 12.2 Å². The van der Waals surface area contributed by atoms with Crippen LogP contribution in [0.4, 0.5) is 0 Å². The van der Waals surface area contributed by atoms with Crippen molar-refractivity contribution < 1.29 is 29.4 Å². The van der Waals surface area contributed by atoms with E-state index in [0.29, 0.717) is 6.42 Å². The molecule has 6 N–H and O–H groups in total. The summed E-state index contributed by atoms with van der Waals surface area (Å²) in [5.41, 5.74) is 5.73. The van der Waals surface area contributed by atoms with Gasteiger partial charge in [0.15, 0.2) is 0 Å². The molecule has 3 atom stereocenters. The van der Waals surface area contributed by atoms with Gasteiger partial charge < -0.3 is 26.6 Å². The van der Waals surface area contributed by atoms with Crippen molar-refractivity contribution in [3.63, 3.8) is 0 Å². The highest BCUT2D eigenvalue weighted by molar-refractivity contribution is 7.80. The van der Waals surface area contributed by atoms with Crippen molar-refractivity contribution in [2.24, 2.45) is 11.7 Å². The van der Waals surface area contributed by atoms with E-state index in [1.54, 1.807) is 0 Å². The molecule has 0 aliphatic heterocycles. The van der Waals surface area contributed by atoms with Gasteiger partial charge in [-0.1, -0.05) is 13.8 Å². The van der Waals surface area contributed by atoms with E-state index in [0.717, 1.165) is 0 Å². The van der Waals surface area contributed by atoms with E-state index in [1.807, 2.05) is 13.8 Å². The van der Waals surface area contributed by atoms with E-state index < -0.39 is 41.9 Å². The zero-order valence-electron chi connectivity index (χ0n) is 13.7. The standard InChI is InChI=1S/C14H25N3O6S/c1-7(2)5-8(15)12(20)16-9(3-4-11(18)19)13(21)17-10(6-24)14(22)23/h7-10,24H,3-6,15H2,1-2H3,(H,16,20)(H,17,21)(H,18,19)(H,22,23)/t8-,9-,10-/m0/s1. The number of nitrogens with one attached hydrogen (secondary N) is 2. The van der Waals surface area contributed by atoms with Crippen LogP contribution in [-0.2, 0) is 19.2 Å². The summed E-state index contributed by atoms with van der Waals surface area (Å²) in [6.07, 6.45) is -0.149. The Balaban J connectivity index is 4.95. The molecule has 0 fully saturated rings. The fourth-order valence-corrected chi connectivity index (χ4v) is 2.14. The van der Waals surface area contributed by atoms with Crippen molar-refractivity contribution in [1.29, 1.82) is 0 Å². The summed E-state index contributed by atoms with van der Waals surface area (Å²) in [4.78, 5) is 45.8. The predicted molar refractivity (Wildman–Crippen MR) is 89.7 cm³/mol. The molecule has 0 saturated carbocycles. The van der Waals surface area contributed by atoms with E-state index in [4.69, 9.17) is 15.9 Å². The van der Waals surface area contributed by atoms with Gasteiger partial charge in [-0.3, -0.25) is 14.4 Å². The highest BCUT2D eigenvalue weighted by Gasteiger charge is 2.27. The molecule has 0 saturated heterocycles. The number of amides is 2. The normalized spacial score (nSPS) is 14.5. The van der Waals surface area contributed by atoms with E-state index in [1.165, 1.54) is 0 Å². The van der Waals surface area contributed by atoms with Gasteiger partial charge in [0.25, 0.3) is 0 Å². The lowest BCUT2D eigenvalue weighted by Gasteiger charge is -2.22. The van der Waals surface area contributed by atoms with Crippen LogP contribution in [-0.4, -0.2) is 57.8 Å². The van der Waals surface area contributed by atoms with Crippen LogP contribution in [0.25, 0.3) is 0 Å². The van der Waals surface area contributed by atoms with Crippen molar-refractivity contribution in [3.8, 4) is 0 Å². The van der Waals surface area contributed by atoms with Crippen LogP contribution in [0.2, 0.25) is 0 Å². The molecule has 24 heavy (non-hydrogen) atoms. The van der Waals surface area contributed by atoms with Crippen LogP contribution in [0, 0.1) is 5.92 Å². The van der Waals surface area contributed by atoms with Crippen LogP contribution in [0.3, 0.4) is 0 Å². The molecule has 0 spiro atoms. The molecule has 0 aliphatic rings. The van der Waals surface area contributed by atoms with E-state index in [9.17, 15) is 19.2 Å². The first kappa shape index (κ1) is 22.2. The molecule has 0 aromatic heterocycles. The number of nitrogens with two attached hydrogens (primary N) is 1. The van der Waals surface area contributed by atoms with Crippen LogP contribution in [0.5, 0.6) is 0 Å². The number of carbonyl (C=O) groups is 4. The maximum atomic E-state index is 12.2. The Hall–Kier alpha value is -1.81. The first-order valence-corrected chi connectivity index (χ1v) is 8.13. The highest BCUT2D eigenvalue weighted by Crippen LogP contribution is 2.05. The zero-order valence-corrected chi connectivity index (χ0v) is 14.6. The Bertz CT molecular complexity index is 471. The summed E-state index contributed by atoms with van der Waals surface area (Å²) >= 11 is 3.83. The topological polar surface area (TPSA) is 159 Å². The van der Waals surface area contributed by atoms with E-state index in [-0.39, 0.29) is 24.5 Å². The number of hydrogen-bond donors (Lipinski definition) is 6. The minimum absolute atomic E-state index is 0.145. The summed E-state index contributed by atoms with van der Waals surface area (Å²) < 4.78 is 0. The third kappa shape index (κ3) is 8.73. The largest absolute Gasteiger partial charge is 0.481 e. The number of thiol groups is 1.